The predicted molar refractivity (Wildman–Crippen MR) is 74.7 cm³/mol. The van der Waals surface area contributed by atoms with Gasteiger partial charge < -0.3 is 9.47 Å². The Kier molecular flexibility index (Phi) is 3.96. The minimum absolute atomic E-state index is 0.237. The maximum absolute atomic E-state index is 13.8. The van der Waals surface area contributed by atoms with Crippen molar-refractivity contribution in [2.75, 3.05) is 14.2 Å². The van der Waals surface area contributed by atoms with Gasteiger partial charge in [0.15, 0.2) is 11.6 Å². The molecular weight excluding hydrogens is 267 g/mol. The third-order valence-electron chi connectivity index (χ3n) is 2.96. The monoisotopic (exact) mass is 280 g/mol. The zero-order chi connectivity index (χ0) is 14.0. The average Bonchev–Trinajstić information content (AvgIpc) is 2.40. The maximum Gasteiger partial charge on any atom is 0.165 e. The zero-order valence-electron chi connectivity index (χ0n) is 11.0. The quantitative estimate of drug-likeness (QED) is 0.826. The normalized spacial score (nSPS) is 10.4. The largest absolute Gasteiger partial charge is 0.495 e. The van der Waals surface area contributed by atoms with Crippen molar-refractivity contribution in [1.29, 1.82) is 0 Å². The van der Waals surface area contributed by atoms with Gasteiger partial charge in [0.25, 0.3) is 0 Å². The van der Waals surface area contributed by atoms with Crippen molar-refractivity contribution in [3.63, 3.8) is 0 Å². The first kappa shape index (κ1) is 13.7. The lowest BCUT2D eigenvalue weighted by atomic mass is 10.00. The Hall–Kier alpha value is -1.74. The number of aryl methyl sites for hydroxylation is 1. The molecule has 0 N–H and O–H groups in total. The summed E-state index contributed by atoms with van der Waals surface area (Å²) in [6.45, 7) is 1.90. The number of benzene rings is 2. The molecule has 0 atom stereocenters. The molecule has 0 saturated heterocycles. The third-order valence-corrected chi connectivity index (χ3v) is 3.26. The van der Waals surface area contributed by atoms with Gasteiger partial charge in [-0.3, -0.25) is 0 Å². The van der Waals surface area contributed by atoms with Crippen LogP contribution in [0.4, 0.5) is 4.39 Å². The molecule has 0 saturated carbocycles. The van der Waals surface area contributed by atoms with Crippen LogP contribution >= 0.6 is 11.6 Å². The van der Waals surface area contributed by atoms with Crippen molar-refractivity contribution < 1.29 is 13.9 Å². The molecule has 0 aliphatic heterocycles. The highest BCUT2D eigenvalue weighted by atomic mass is 35.5. The molecule has 0 aliphatic carbocycles. The van der Waals surface area contributed by atoms with E-state index < -0.39 is 5.82 Å². The topological polar surface area (TPSA) is 18.5 Å². The van der Waals surface area contributed by atoms with Gasteiger partial charge in [0.1, 0.15) is 5.75 Å². The highest BCUT2D eigenvalue weighted by Crippen LogP contribution is 2.34. The second-order valence-electron chi connectivity index (χ2n) is 4.15. The summed E-state index contributed by atoms with van der Waals surface area (Å²) in [5.74, 6) is 0.438. The zero-order valence-corrected chi connectivity index (χ0v) is 11.7. The smallest absolute Gasteiger partial charge is 0.165 e. The van der Waals surface area contributed by atoms with E-state index in [0.29, 0.717) is 10.8 Å². The third kappa shape index (κ3) is 2.66. The molecule has 0 spiro atoms. The molecule has 19 heavy (non-hydrogen) atoms. The minimum Gasteiger partial charge on any atom is -0.495 e. The molecule has 2 rings (SSSR count). The van der Waals surface area contributed by atoms with Gasteiger partial charge in [0, 0.05) is 0 Å². The van der Waals surface area contributed by atoms with Crippen molar-refractivity contribution in [3.05, 3.63) is 46.7 Å². The fraction of sp³-hybridized carbons (Fsp3) is 0.200. The molecule has 0 fully saturated rings. The summed E-state index contributed by atoms with van der Waals surface area (Å²) >= 11 is 6.09. The molecule has 0 aliphatic rings. The van der Waals surface area contributed by atoms with E-state index in [-0.39, 0.29) is 5.75 Å². The summed E-state index contributed by atoms with van der Waals surface area (Å²) in [5, 5.41) is 0.496. The van der Waals surface area contributed by atoms with E-state index in [1.54, 1.807) is 25.3 Å². The number of hydrogen-bond donors (Lipinski definition) is 0. The fourth-order valence-electron chi connectivity index (χ4n) is 1.96. The Morgan fingerprint density at radius 3 is 2.26 bits per heavy atom. The lowest BCUT2D eigenvalue weighted by Gasteiger charge is -2.11. The molecule has 2 aromatic carbocycles. The molecular formula is C15H14ClFO2. The van der Waals surface area contributed by atoms with Gasteiger partial charge >= 0.3 is 0 Å². The van der Waals surface area contributed by atoms with Crippen LogP contribution in [-0.4, -0.2) is 14.2 Å². The van der Waals surface area contributed by atoms with Crippen LogP contribution in [0.5, 0.6) is 11.5 Å². The Labute approximate surface area is 116 Å². The van der Waals surface area contributed by atoms with E-state index >= 15 is 0 Å². The highest BCUT2D eigenvalue weighted by molar-refractivity contribution is 6.32. The van der Waals surface area contributed by atoms with Crippen LogP contribution in [0.1, 0.15) is 5.56 Å². The van der Waals surface area contributed by atoms with E-state index in [1.165, 1.54) is 13.2 Å². The van der Waals surface area contributed by atoms with Gasteiger partial charge in [-0.05, 0) is 47.9 Å². The van der Waals surface area contributed by atoms with Crippen molar-refractivity contribution in [2.24, 2.45) is 0 Å². The summed E-state index contributed by atoms with van der Waals surface area (Å²) < 4.78 is 23.8. The summed E-state index contributed by atoms with van der Waals surface area (Å²) in [6.07, 6.45) is 0. The molecule has 2 aromatic rings. The molecule has 0 unspecified atom stereocenters. The van der Waals surface area contributed by atoms with Crippen LogP contribution in [0.2, 0.25) is 5.02 Å². The van der Waals surface area contributed by atoms with Gasteiger partial charge in [0.2, 0.25) is 0 Å². The Morgan fingerprint density at radius 1 is 1.00 bits per heavy atom. The molecule has 4 heteroatoms. The SMILES string of the molecule is COc1cc(C)c(-c2ccc(OC)c(Cl)c2)cc1F. The molecule has 0 aromatic heterocycles. The van der Waals surface area contributed by atoms with Gasteiger partial charge in [-0.1, -0.05) is 17.7 Å². The Balaban J connectivity index is 2.53. The van der Waals surface area contributed by atoms with Crippen molar-refractivity contribution in [3.8, 4) is 22.6 Å². The van der Waals surface area contributed by atoms with Crippen molar-refractivity contribution >= 4 is 11.6 Å². The van der Waals surface area contributed by atoms with Crippen molar-refractivity contribution in [2.45, 2.75) is 6.92 Å². The maximum atomic E-state index is 13.8. The standard InChI is InChI=1S/C15H14ClFO2/c1-9-6-15(19-3)13(17)8-11(9)10-4-5-14(18-2)12(16)7-10/h4-8H,1-3H3. The van der Waals surface area contributed by atoms with Gasteiger partial charge in [-0.15, -0.1) is 0 Å². The molecule has 100 valence electrons. The molecule has 0 heterocycles. The van der Waals surface area contributed by atoms with E-state index in [4.69, 9.17) is 21.1 Å². The summed E-state index contributed by atoms with van der Waals surface area (Å²) in [5.41, 5.74) is 2.53. The number of halogens is 2. The second-order valence-corrected chi connectivity index (χ2v) is 4.56. The second kappa shape index (κ2) is 5.49. The van der Waals surface area contributed by atoms with Gasteiger partial charge in [-0.2, -0.15) is 0 Å². The summed E-state index contributed by atoms with van der Waals surface area (Å²) in [4.78, 5) is 0. The van der Waals surface area contributed by atoms with Crippen LogP contribution in [0, 0.1) is 12.7 Å². The van der Waals surface area contributed by atoms with Crippen molar-refractivity contribution in [1.82, 2.24) is 0 Å². The van der Waals surface area contributed by atoms with Gasteiger partial charge in [0.05, 0.1) is 19.2 Å². The number of hydrogen-bond acceptors (Lipinski definition) is 2. The van der Waals surface area contributed by atoms with E-state index in [1.807, 2.05) is 13.0 Å². The molecule has 0 radical (unpaired) electrons. The predicted octanol–water partition coefficient (Wildman–Crippen LogP) is 4.47. The fourth-order valence-corrected chi connectivity index (χ4v) is 2.21. The van der Waals surface area contributed by atoms with Crippen LogP contribution in [0.25, 0.3) is 11.1 Å². The van der Waals surface area contributed by atoms with Gasteiger partial charge in [-0.25, -0.2) is 4.39 Å². The minimum atomic E-state index is -0.393. The first-order chi connectivity index (χ1) is 9.06. The molecule has 0 bridgehead atoms. The highest BCUT2D eigenvalue weighted by Gasteiger charge is 2.11. The number of rotatable bonds is 3. The van der Waals surface area contributed by atoms with E-state index in [0.717, 1.165) is 16.7 Å². The first-order valence-corrected chi connectivity index (χ1v) is 6.12. The Morgan fingerprint density at radius 2 is 1.68 bits per heavy atom. The van der Waals surface area contributed by atoms with Crippen LogP contribution in [-0.2, 0) is 0 Å². The van der Waals surface area contributed by atoms with E-state index in [2.05, 4.69) is 0 Å². The average molecular weight is 281 g/mol. The Bertz CT molecular complexity index is 611. The molecule has 0 amide bonds. The van der Waals surface area contributed by atoms with Crippen LogP contribution < -0.4 is 9.47 Å². The number of ether oxygens (including phenoxy) is 2. The van der Waals surface area contributed by atoms with E-state index in [9.17, 15) is 4.39 Å². The van der Waals surface area contributed by atoms with Crippen LogP contribution in [0.15, 0.2) is 30.3 Å². The lowest BCUT2D eigenvalue weighted by Crippen LogP contribution is -1.92. The van der Waals surface area contributed by atoms with Crippen LogP contribution in [0.3, 0.4) is 0 Å². The summed E-state index contributed by atoms with van der Waals surface area (Å²) in [6, 6.07) is 8.49. The first-order valence-electron chi connectivity index (χ1n) is 5.75. The molecule has 2 nitrogen and oxygen atoms in total. The summed E-state index contributed by atoms with van der Waals surface area (Å²) in [7, 11) is 3.00. The number of methoxy groups -OCH3 is 2. The lowest BCUT2D eigenvalue weighted by molar-refractivity contribution is 0.386.